The molecule has 1 atom stereocenters. The fourth-order valence-corrected chi connectivity index (χ4v) is 2.01. The number of rotatable bonds is 1. The van der Waals surface area contributed by atoms with Gasteiger partial charge in [-0.15, -0.1) is 0 Å². The van der Waals surface area contributed by atoms with E-state index >= 15 is 0 Å². The van der Waals surface area contributed by atoms with Crippen LogP contribution in [0.25, 0.3) is 0 Å². The van der Waals surface area contributed by atoms with Gasteiger partial charge in [-0.3, -0.25) is 4.90 Å². The van der Waals surface area contributed by atoms with Crippen LogP contribution in [0.4, 0.5) is 0 Å². The summed E-state index contributed by atoms with van der Waals surface area (Å²) in [6.07, 6.45) is 1.01. The van der Waals surface area contributed by atoms with Gasteiger partial charge in [-0.2, -0.15) is 5.26 Å². The molecule has 0 spiro atoms. The van der Waals surface area contributed by atoms with E-state index in [2.05, 4.69) is 17.0 Å². The summed E-state index contributed by atoms with van der Waals surface area (Å²) in [4.78, 5) is 2.07. The Bertz CT molecular complexity index is 409. The van der Waals surface area contributed by atoms with E-state index in [9.17, 15) is 0 Å². The van der Waals surface area contributed by atoms with Gasteiger partial charge in [0.15, 0.2) is 0 Å². The van der Waals surface area contributed by atoms with Crippen molar-refractivity contribution in [1.29, 1.82) is 5.26 Å². The molecule has 0 radical (unpaired) electrons. The van der Waals surface area contributed by atoms with Gasteiger partial charge in [0.05, 0.1) is 13.2 Å². The highest BCUT2D eigenvalue weighted by atomic mass is 16.5. The largest absolute Gasteiger partial charge is 0.497 e. The summed E-state index contributed by atoms with van der Waals surface area (Å²) >= 11 is 0. The third-order valence-electron chi connectivity index (χ3n) is 2.94. The Kier molecular flexibility index (Phi) is 2.61. The molecule has 78 valence electrons. The van der Waals surface area contributed by atoms with Gasteiger partial charge in [0.25, 0.3) is 0 Å². The van der Waals surface area contributed by atoms with Gasteiger partial charge in [-0.1, -0.05) is 6.07 Å². The van der Waals surface area contributed by atoms with Crippen LogP contribution >= 0.6 is 0 Å². The predicted molar refractivity (Wildman–Crippen MR) is 57.7 cm³/mol. The summed E-state index contributed by atoms with van der Waals surface area (Å²) in [5, 5.41) is 9.14. The topological polar surface area (TPSA) is 36.3 Å². The molecule has 0 bridgehead atoms. The molecule has 15 heavy (non-hydrogen) atoms. The first-order chi connectivity index (χ1) is 7.26. The molecule has 3 heteroatoms. The zero-order chi connectivity index (χ0) is 10.8. The van der Waals surface area contributed by atoms with Gasteiger partial charge in [-0.25, -0.2) is 0 Å². The summed E-state index contributed by atoms with van der Waals surface area (Å²) in [7, 11) is 3.63. The molecule has 0 amide bonds. The Labute approximate surface area is 89.9 Å². The molecule has 0 fully saturated rings. The van der Waals surface area contributed by atoms with E-state index in [4.69, 9.17) is 10.00 Å². The maximum Gasteiger partial charge on any atom is 0.124 e. The number of methoxy groups -OCH3 is 1. The third kappa shape index (κ3) is 1.69. The lowest BCUT2D eigenvalue weighted by Crippen LogP contribution is -2.31. The zero-order valence-corrected chi connectivity index (χ0v) is 9.03. The van der Waals surface area contributed by atoms with Crippen LogP contribution in [0.2, 0.25) is 0 Å². The van der Waals surface area contributed by atoms with E-state index in [-0.39, 0.29) is 6.04 Å². The standard InChI is InChI=1S/C12H14N2O/c1-14-6-5-9-3-4-10(15-2)7-11(9)12(14)8-13/h3-4,7,12H,5-6H2,1-2H3. The SMILES string of the molecule is COc1ccc2c(c1)C(C#N)N(C)CC2. The van der Waals surface area contributed by atoms with Gasteiger partial charge in [-0.05, 0) is 36.7 Å². The van der Waals surface area contributed by atoms with Crippen LogP contribution in [0.5, 0.6) is 5.75 Å². The molecule has 1 unspecified atom stereocenters. The van der Waals surface area contributed by atoms with Crippen LogP contribution in [-0.4, -0.2) is 25.6 Å². The number of nitrogens with zero attached hydrogens (tertiary/aromatic N) is 2. The Morgan fingerprint density at radius 3 is 3.00 bits per heavy atom. The molecule has 0 aliphatic carbocycles. The van der Waals surface area contributed by atoms with E-state index < -0.39 is 0 Å². The fraction of sp³-hybridized carbons (Fsp3) is 0.417. The second kappa shape index (κ2) is 3.92. The van der Waals surface area contributed by atoms with E-state index in [0.717, 1.165) is 24.3 Å². The van der Waals surface area contributed by atoms with Gasteiger partial charge < -0.3 is 4.74 Å². The van der Waals surface area contributed by atoms with Crippen molar-refractivity contribution in [3.8, 4) is 11.8 Å². The molecule has 1 aliphatic heterocycles. The molecule has 1 aromatic carbocycles. The van der Waals surface area contributed by atoms with Gasteiger partial charge in [0.2, 0.25) is 0 Å². The van der Waals surface area contributed by atoms with E-state index in [1.165, 1.54) is 5.56 Å². The van der Waals surface area contributed by atoms with Crippen LogP contribution < -0.4 is 4.74 Å². The van der Waals surface area contributed by atoms with Crippen molar-refractivity contribution in [2.24, 2.45) is 0 Å². The van der Waals surface area contributed by atoms with Crippen LogP contribution in [0.1, 0.15) is 17.2 Å². The van der Waals surface area contributed by atoms with Crippen molar-refractivity contribution >= 4 is 0 Å². The first-order valence-corrected chi connectivity index (χ1v) is 5.03. The molecule has 0 saturated heterocycles. The first-order valence-electron chi connectivity index (χ1n) is 5.03. The quantitative estimate of drug-likeness (QED) is 0.696. The van der Waals surface area contributed by atoms with Crippen molar-refractivity contribution in [1.82, 2.24) is 4.90 Å². The molecular weight excluding hydrogens is 188 g/mol. The molecule has 0 N–H and O–H groups in total. The molecule has 1 aromatic rings. The van der Waals surface area contributed by atoms with Gasteiger partial charge >= 0.3 is 0 Å². The van der Waals surface area contributed by atoms with Gasteiger partial charge in [0.1, 0.15) is 11.8 Å². The smallest absolute Gasteiger partial charge is 0.124 e. The highest BCUT2D eigenvalue weighted by Gasteiger charge is 2.24. The highest BCUT2D eigenvalue weighted by Crippen LogP contribution is 2.30. The predicted octanol–water partition coefficient (Wildman–Crippen LogP) is 1.75. The lowest BCUT2D eigenvalue weighted by atomic mass is 9.93. The lowest BCUT2D eigenvalue weighted by Gasteiger charge is -2.30. The third-order valence-corrected chi connectivity index (χ3v) is 2.94. The first kappa shape index (κ1) is 10.0. The molecular formula is C12H14N2O. The molecule has 0 aromatic heterocycles. The molecule has 1 heterocycles. The number of hydrogen-bond acceptors (Lipinski definition) is 3. The average molecular weight is 202 g/mol. The van der Waals surface area contributed by atoms with Crippen LogP contribution in [0.3, 0.4) is 0 Å². The molecule has 3 nitrogen and oxygen atoms in total. The van der Waals surface area contributed by atoms with Crippen LogP contribution in [0.15, 0.2) is 18.2 Å². The number of hydrogen-bond donors (Lipinski definition) is 0. The fourth-order valence-electron chi connectivity index (χ4n) is 2.01. The number of nitriles is 1. The maximum absolute atomic E-state index is 9.14. The van der Waals surface area contributed by atoms with E-state index in [1.54, 1.807) is 7.11 Å². The van der Waals surface area contributed by atoms with Crippen molar-refractivity contribution in [2.75, 3.05) is 20.7 Å². The molecule has 0 saturated carbocycles. The summed E-state index contributed by atoms with van der Waals surface area (Å²) in [5.41, 5.74) is 2.35. The normalized spacial score (nSPS) is 20.5. The highest BCUT2D eigenvalue weighted by molar-refractivity contribution is 5.41. The number of ether oxygens (including phenoxy) is 1. The zero-order valence-electron chi connectivity index (χ0n) is 9.03. The van der Waals surface area contributed by atoms with Crippen LogP contribution in [0, 0.1) is 11.3 Å². The van der Waals surface area contributed by atoms with Crippen molar-refractivity contribution in [3.63, 3.8) is 0 Å². The summed E-state index contributed by atoms with van der Waals surface area (Å²) in [5.74, 6) is 0.823. The van der Waals surface area contributed by atoms with Crippen LogP contribution in [-0.2, 0) is 6.42 Å². The van der Waals surface area contributed by atoms with E-state index in [1.807, 2.05) is 19.2 Å². The van der Waals surface area contributed by atoms with E-state index in [0.29, 0.717) is 0 Å². The van der Waals surface area contributed by atoms with Gasteiger partial charge in [0, 0.05) is 6.54 Å². The van der Waals surface area contributed by atoms with Crippen molar-refractivity contribution in [3.05, 3.63) is 29.3 Å². The maximum atomic E-state index is 9.14. The monoisotopic (exact) mass is 202 g/mol. The summed E-state index contributed by atoms with van der Waals surface area (Å²) in [6.45, 7) is 0.942. The second-order valence-electron chi connectivity index (χ2n) is 3.83. The minimum Gasteiger partial charge on any atom is -0.497 e. The number of fused-ring (bicyclic) bond motifs is 1. The van der Waals surface area contributed by atoms with Crippen molar-refractivity contribution < 1.29 is 4.74 Å². The molecule has 2 rings (SSSR count). The number of benzene rings is 1. The minimum atomic E-state index is -0.135. The minimum absolute atomic E-state index is 0.135. The Hall–Kier alpha value is -1.53. The number of likely N-dealkylation sites (N-methyl/N-ethyl adjacent to an activating group) is 1. The summed E-state index contributed by atoms with van der Waals surface area (Å²) in [6, 6.07) is 8.19. The Balaban J connectivity index is 2.46. The average Bonchev–Trinajstić information content (AvgIpc) is 2.28. The Morgan fingerprint density at radius 2 is 2.33 bits per heavy atom. The Morgan fingerprint density at radius 1 is 1.53 bits per heavy atom. The lowest BCUT2D eigenvalue weighted by molar-refractivity contribution is 0.276. The summed E-state index contributed by atoms with van der Waals surface area (Å²) < 4.78 is 5.18. The molecule has 1 aliphatic rings. The van der Waals surface area contributed by atoms with Crippen molar-refractivity contribution in [2.45, 2.75) is 12.5 Å². The second-order valence-corrected chi connectivity index (χ2v) is 3.83.